The second-order valence-corrected chi connectivity index (χ2v) is 13.1. The van der Waals surface area contributed by atoms with Gasteiger partial charge in [-0.25, -0.2) is 8.42 Å². The van der Waals surface area contributed by atoms with E-state index < -0.39 is 34.2 Å². The van der Waals surface area contributed by atoms with Crippen molar-refractivity contribution < 1.29 is 31.4 Å². The van der Waals surface area contributed by atoms with E-state index in [0.717, 1.165) is 0 Å². The van der Waals surface area contributed by atoms with Gasteiger partial charge >= 0.3 is 15.5 Å². The van der Waals surface area contributed by atoms with Crippen LogP contribution in [0.3, 0.4) is 0 Å². The SMILES string of the molecule is CC(C)(O)COc1cc(N2CCN(S(=O)(=O)C(F)(F)F)CC2)n2nc(-c3ccccc3Cl)c(-c3ccc(Cl)cc3)c2n1. The van der Waals surface area contributed by atoms with Gasteiger partial charge in [-0.15, -0.1) is 0 Å². The molecule has 0 unspecified atom stereocenters. The van der Waals surface area contributed by atoms with E-state index in [1.165, 1.54) is 4.52 Å². The lowest BCUT2D eigenvalue weighted by atomic mass is 10.0. The van der Waals surface area contributed by atoms with E-state index in [1.807, 2.05) is 6.07 Å². The monoisotopic (exact) mass is 643 g/mol. The first-order valence-electron chi connectivity index (χ1n) is 12.8. The summed E-state index contributed by atoms with van der Waals surface area (Å²) in [7, 11) is -5.47. The zero-order chi connectivity index (χ0) is 30.4. The Morgan fingerprint density at radius 1 is 1.00 bits per heavy atom. The molecule has 2 aromatic carbocycles. The fourth-order valence-corrected chi connectivity index (χ4v) is 5.85. The normalized spacial score (nSPS) is 15.4. The number of halogens is 5. The van der Waals surface area contributed by atoms with Crippen molar-refractivity contribution >= 4 is 44.7 Å². The number of rotatable bonds is 7. The Kier molecular flexibility index (Phi) is 8.09. The van der Waals surface area contributed by atoms with E-state index in [1.54, 1.807) is 67.3 Å². The van der Waals surface area contributed by atoms with E-state index in [-0.39, 0.29) is 25.6 Å². The average Bonchev–Trinajstić information content (AvgIpc) is 3.30. The zero-order valence-corrected chi connectivity index (χ0v) is 24.8. The van der Waals surface area contributed by atoms with Crippen LogP contribution in [0.5, 0.6) is 5.88 Å². The number of anilines is 1. The minimum atomic E-state index is -5.47. The van der Waals surface area contributed by atoms with Crippen LogP contribution >= 0.6 is 23.2 Å². The number of hydrogen-bond donors (Lipinski definition) is 1. The first-order valence-corrected chi connectivity index (χ1v) is 15.0. The molecule has 9 nitrogen and oxygen atoms in total. The third kappa shape index (κ3) is 6.02. The van der Waals surface area contributed by atoms with Crippen LogP contribution in [0.1, 0.15) is 13.8 Å². The summed E-state index contributed by atoms with van der Waals surface area (Å²) >= 11 is 12.7. The Labute approximate surface area is 250 Å². The third-order valence-corrected chi connectivity index (χ3v) is 8.79. The number of fused-ring (bicyclic) bond motifs is 1. The van der Waals surface area contributed by atoms with Gasteiger partial charge in [-0.05, 0) is 37.6 Å². The number of ether oxygens (including phenoxy) is 1. The van der Waals surface area contributed by atoms with Crippen molar-refractivity contribution in [3.05, 3.63) is 64.6 Å². The Bertz CT molecular complexity index is 1720. The van der Waals surface area contributed by atoms with Crippen LogP contribution in [-0.4, -0.2) is 76.3 Å². The van der Waals surface area contributed by atoms with E-state index in [4.69, 9.17) is 38.0 Å². The van der Waals surface area contributed by atoms with E-state index in [0.29, 0.717) is 48.2 Å². The molecule has 1 fully saturated rings. The van der Waals surface area contributed by atoms with Crippen LogP contribution in [-0.2, 0) is 10.0 Å². The highest BCUT2D eigenvalue weighted by molar-refractivity contribution is 7.90. The first kappa shape index (κ1) is 30.4. The Balaban J connectivity index is 1.68. The molecule has 0 atom stereocenters. The average molecular weight is 645 g/mol. The number of piperazine rings is 1. The molecule has 42 heavy (non-hydrogen) atoms. The Morgan fingerprint density at radius 3 is 2.24 bits per heavy atom. The number of benzene rings is 2. The molecule has 1 saturated heterocycles. The molecule has 0 spiro atoms. The largest absolute Gasteiger partial charge is 0.511 e. The number of sulfonamides is 1. The van der Waals surface area contributed by atoms with Gasteiger partial charge in [0, 0.05) is 42.8 Å². The summed E-state index contributed by atoms with van der Waals surface area (Å²) in [5, 5.41) is 16.1. The quantitative estimate of drug-likeness (QED) is 0.284. The summed E-state index contributed by atoms with van der Waals surface area (Å²) in [6, 6.07) is 15.7. The summed E-state index contributed by atoms with van der Waals surface area (Å²) in [4.78, 5) is 6.42. The standard InChI is InChI=1S/C27H26Cl2F3N5O4S/c1-26(2,38)16-41-21-15-22(35-11-13-36(14-12-35)42(39,40)27(30,31)32)37-25(33-21)23(17-7-9-18(28)10-8-17)24(34-37)19-5-3-4-6-20(19)29/h3-10,15,38H,11-14,16H2,1-2H3. The van der Waals surface area contributed by atoms with Crippen LogP contribution < -0.4 is 9.64 Å². The van der Waals surface area contributed by atoms with Crippen molar-refractivity contribution in [2.75, 3.05) is 37.7 Å². The lowest BCUT2D eigenvalue weighted by molar-refractivity contribution is -0.0490. The molecular formula is C27H26Cl2F3N5O4S. The summed E-state index contributed by atoms with van der Waals surface area (Å²) in [6.07, 6.45) is 0. The van der Waals surface area contributed by atoms with Gasteiger partial charge in [0.1, 0.15) is 18.1 Å². The van der Waals surface area contributed by atoms with Gasteiger partial charge in [0.15, 0.2) is 5.65 Å². The Morgan fingerprint density at radius 2 is 1.64 bits per heavy atom. The van der Waals surface area contributed by atoms with Crippen molar-refractivity contribution in [3.8, 4) is 28.3 Å². The van der Waals surface area contributed by atoms with Gasteiger partial charge < -0.3 is 14.7 Å². The van der Waals surface area contributed by atoms with Crippen molar-refractivity contribution in [1.82, 2.24) is 18.9 Å². The maximum atomic E-state index is 13.2. The molecule has 0 amide bonds. The lowest BCUT2D eigenvalue weighted by Crippen LogP contribution is -2.52. The number of aliphatic hydroxyl groups is 1. The maximum absolute atomic E-state index is 13.2. The fourth-order valence-electron chi connectivity index (χ4n) is 4.56. The van der Waals surface area contributed by atoms with E-state index in [2.05, 4.69) is 0 Å². The van der Waals surface area contributed by atoms with Gasteiger partial charge in [-0.1, -0.05) is 53.5 Å². The predicted octanol–water partition coefficient (Wildman–Crippen LogP) is 5.49. The molecule has 3 heterocycles. The highest BCUT2D eigenvalue weighted by atomic mass is 35.5. The molecular weight excluding hydrogens is 618 g/mol. The maximum Gasteiger partial charge on any atom is 0.511 e. The van der Waals surface area contributed by atoms with Crippen molar-refractivity contribution in [2.24, 2.45) is 0 Å². The first-order chi connectivity index (χ1) is 19.7. The minimum Gasteiger partial charge on any atom is -0.474 e. The fraction of sp³-hybridized carbons (Fsp3) is 0.333. The summed E-state index contributed by atoms with van der Waals surface area (Å²) in [5.74, 6) is 0.536. The molecule has 1 aliphatic heterocycles. The van der Waals surface area contributed by atoms with Crippen LogP contribution in [0.15, 0.2) is 54.6 Å². The van der Waals surface area contributed by atoms with Crippen LogP contribution in [0, 0.1) is 0 Å². The molecule has 15 heteroatoms. The molecule has 224 valence electrons. The second kappa shape index (κ2) is 11.2. The van der Waals surface area contributed by atoms with Crippen molar-refractivity contribution in [3.63, 3.8) is 0 Å². The highest BCUT2D eigenvalue weighted by Crippen LogP contribution is 2.40. The minimum absolute atomic E-state index is 0.0586. The van der Waals surface area contributed by atoms with E-state index in [9.17, 15) is 26.7 Å². The number of alkyl halides is 3. The summed E-state index contributed by atoms with van der Waals surface area (Å²) < 4.78 is 71.4. The third-order valence-electron chi connectivity index (χ3n) is 6.58. The van der Waals surface area contributed by atoms with Gasteiger partial charge in [0.05, 0.1) is 16.2 Å². The predicted molar refractivity (Wildman–Crippen MR) is 154 cm³/mol. The van der Waals surface area contributed by atoms with Crippen molar-refractivity contribution in [1.29, 1.82) is 0 Å². The van der Waals surface area contributed by atoms with Crippen LogP contribution in [0.2, 0.25) is 10.0 Å². The second-order valence-electron chi connectivity index (χ2n) is 10.3. The molecule has 0 radical (unpaired) electrons. The molecule has 0 saturated carbocycles. The van der Waals surface area contributed by atoms with Gasteiger partial charge in [-0.3, -0.25) is 0 Å². The molecule has 4 aromatic rings. The van der Waals surface area contributed by atoms with Gasteiger partial charge in [0.25, 0.3) is 0 Å². The van der Waals surface area contributed by atoms with Crippen molar-refractivity contribution in [2.45, 2.75) is 25.0 Å². The van der Waals surface area contributed by atoms with E-state index >= 15 is 0 Å². The number of nitrogens with zero attached hydrogens (tertiary/aromatic N) is 5. The molecule has 5 rings (SSSR count). The number of hydrogen-bond acceptors (Lipinski definition) is 7. The lowest BCUT2D eigenvalue weighted by Gasteiger charge is -2.35. The van der Waals surface area contributed by atoms with Crippen LogP contribution in [0.4, 0.5) is 19.0 Å². The topological polar surface area (TPSA) is 100 Å². The summed E-state index contributed by atoms with van der Waals surface area (Å²) in [5.41, 5.74) is -3.84. The highest BCUT2D eigenvalue weighted by Gasteiger charge is 2.50. The number of aromatic nitrogens is 3. The van der Waals surface area contributed by atoms with Crippen LogP contribution in [0.25, 0.3) is 28.0 Å². The molecule has 1 N–H and O–H groups in total. The Hall–Kier alpha value is -3.10. The zero-order valence-electron chi connectivity index (χ0n) is 22.4. The molecule has 1 aliphatic rings. The molecule has 0 bridgehead atoms. The molecule has 2 aromatic heterocycles. The smallest absolute Gasteiger partial charge is 0.474 e. The van der Waals surface area contributed by atoms with Gasteiger partial charge in [0.2, 0.25) is 5.88 Å². The summed E-state index contributed by atoms with van der Waals surface area (Å²) in [6.45, 7) is 2.13. The molecule has 0 aliphatic carbocycles. The van der Waals surface area contributed by atoms with Gasteiger partial charge in [-0.2, -0.15) is 32.1 Å².